The standard InChI is InChI=1S/C94H126ClFN14O22S/c1-66(2)86(97)90(112)105-78(14-11-26-100-94(98)115)89(111)104-73-22-19-70(71(58-73)62-129-63-75-60-109(107-106-75)31-34-118-38-39-120-42-43-122-46-47-124-50-51-126-54-55-128-57-56-127-53-52-125-49-48-123-45-44-121-41-40-119-37-36-116-5)61-110(4)32-28-108(29-33-110)30-35-130-81-24-23-76(67(3)85(81)95)83-84-91(101-65-102-92(84)133-87(83)68-17-20-72(96)21-18-68)132-82(93(113)114)59-69-12-7-9-15-79(69)131-64-74-25-27-99-88(103-74)77-13-8-10-16-80(77)117-6/h7-10,12-13,15-25,27,58,60,65-66,78,82,86H,11,14,26,28-57,59,61-64,97H2,1-6H3,(H5-,98,100,104,105,111,112,113,114,115)/p+1/t78-,82+,86-/m0/s1. The van der Waals surface area contributed by atoms with Gasteiger partial charge in [0.1, 0.15) is 65.7 Å². The van der Waals surface area contributed by atoms with Crippen molar-refractivity contribution in [3.63, 3.8) is 0 Å². The molecule has 0 saturated carbocycles. The van der Waals surface area contributed by atoms with Gasteiger partial charge >= 0.3 is 12.0 Å². The zero-order chi connectivity index (χ0) is 94.2. The number of methoxy groups -OCH3 is 2. The SMILES string of the molecule is COCCOCCOCCOCCOCCOCCOCCOCCOCCOCCOCCOCCn1cc(COCc2cc(NC(=O)[C@H](CCCNC(N)=O)NC(=O)[C@@H](N)C(C)C)ccc2C[N+]2(C)CCN(CCOc3ccc(-c4c(-c5ccc(F)cc5)sc5ncnc(O[C@H](Cc6ccccc6OCc6ccnc(-c7ccccc7OC)n6)C(=O)O)c45)c(C)c3Cl)CC2)nn1. The maximum Gasteiger partial charge on any atom is 0.345 e. The summed E-state index contributed by atoms with van der Waals surface area (Å²) in [6.45, 7) is 21.7. The summed E-state index contributed by atoms with van der Waals surface area (Å²) >= 11 is 8.66. The molecule has 0 spiro atoms. The molecule has 0 bridgehead atoms. The second kappa shape index (κ2) is 58.2. The van der Waals surface area contributed by atoms with Gasteiger partial charge < -0.3 is 118 Å². The Kier molecular flexibility index (Phi) is 45.9. The average Bonchev–Trinajstić information content (AvgIpc) is 1.60. The summed E-state index contributed by atoms with van der Waals surface area (Å²) in [5.41, 5.74) is 18.9. The first kappa shape index (κ1) is 105. The number of carboxylic acid groups (broad SMARTS) is 1. The molecular weight excluding hydrogens is 1760 g/mol. The highest BCUT2D eigenvalue weighted by Crippen LogP contribution is 2.50. The molecule has 4 amide bonds. The number of hydrogen-bond acceptors (Lipinski definition) is 30. The van der Waals surface area contributed by atoms with Crippen molar-refractivity contribution in [2.24, 2.45) is 17.4 Å². The van der Waals surface area contributed by atoms with Gasteiger partial charge in [-0.25, -0.2) is 38.6 Å². The Labute approximate surface area is 784 Å². The fourth-order valence-corrected chi connectivity index (χ4v) is 15.4. The Morgan fingerprint density at radius 3 is 1.82 bits per heavy atom. The van der Waals surface area contributed by atoms with Crippen molar-refractivity contribution in [3.8, 4) is 56.1 Å². The van der Waals surface area contributed by atoms with Crippen LogP contribution in [0.1, 0.15) is 60.3 Å². The lowest BCUT2D eigenvalue weighted by Gasteiger charge is -2.42. The number of nitrogens with zero attached hydrogens (tertiary/aromatic N) is 9. The van der Waals surface area contributed by atoms with Crippen LogP contribution in [0.15, 0.2) is 128 Å². The lowest BCUT2D eigenvalue weighted by Crippen LogP contribution is -2.57. The van der Waals surface area contributed by atoms with Gasteiger partial charge in [0.15, 0.2) is 5.82 Å². The number of nitrogens with two attached hydrogens (primary N) is 2. The second-order valence-electron chi connectivity index (χ2n) is 31.7. The largest absolute Gasteiger partial charge is 0.496 e. The number of ether oxygens (including phenoxy) is 17. The highest BCUT2D eigenvalue weighted by atomic mass is 35.5. The van der Waals surface area contributed by atoms with E-state index in [1.165, 1.54) is 29.8 Å². The number of carbonyl (C=O) groups excluding carboxylic acids is 3. The molecule has 8 N–H and O–H groups in total. The number of hydrogen-bond donors (Lipinski definition) is 6. The van der Waals surface area contributed by atoms with Gasteiger partial charge in [0.25, 0.3) is 0 Å². The summed E-state index contributed by atoms with van der Waals surface area (Å²) in [6.07, 6.45) is 3.74. The van der Waals surface area contributed by atoms with E-state index in [0.717, 1.165) is 37.3 Å². The van der Waals surface area contributed by atoms with E-state index < -0.39 is 47.8 Å². The van der Waals surface area contributed by atoms with Gasteiger partial charge in [0.2, 0.25) is 23.8 Å². The van der Waals surface area contributed by atoms with E-state index in [2.05, 4.69) is 53.2 Å². The van der Waals surface area contributed by atoms with Gasteiger partial charge in [-0.1, -0.05) is 85.3 Å². The number of fused-ring (bicyclic) bond motifs is 1. The fourth-order valence-electron chi connectivity index (χ4n) is 14.0. The minimum Gasteiger partial charge on any atom is -0.496 e. The molecule has 724 valence electrons. The van der Waals surface area contributed by atoms with E-state index in [-0.39, 0.29) is 51.0 Å². The summed E-state index contributed by atoms with van der Waals surface area (Å²) in [7, 11) is 5.44. The van der Waals surface area contributed by atoms with E-state index in [9.17, 15) is 28.7 Å². The average molecular weight is 1890 g/mol. The second-order valence-corrected chi connectivity index (χ2v) is 33.1. The maximum atomic E-state index is 14.6. The number of anilines is 1. The molecule has 0 aliphatic carbocycles. The Morgan fingerprint density at radius 2 is 1.22 bits per heavy atom. The molecule has 133 heavy (non-hydrogen) atoms. The number of piperazine rings is 1. The third-order valence-electron chi connectivity index (χ3n) is 21.5. The van der Waals surface area contributed by atoms with Crippen molar-refractivity contribution >= 4 is 62.7 Å². The van der Waals surface area contributed by atoms with E-state index in [0.29, 0.717) is 283 Å². The number of nitrogens with one attached hydrogen (secondary N) is 3. The van der Waals surface area contributed by atoms with E-state index in [1.807, 2.05) is 75.4 Å². The molecule has 5 aromatic carbocycles. The summed E-state index contributed by atoms with van der Waals surface area (Å²) in [6, 6.07) is 29.3. The van der Waals surface area contributed by atoms with Crippen LogP contribution in [-0.4, -0.2) is 311 Å². The summed E-state index contributed by atoms with van der Waals surface area (Å²) in [5.74, 6) is -0.823. The van der Waals surface area contributed by atoms with Crippen LogP contribution in [0.3, 0.4) is 0 Å². The van der Waals surface area contributed by atoms with Gasteiger partial charge in [0.05, 0.1) is 233 Å². The van der Waals surface area contributed by atoms with Crippen LogP contribution < -0.4 is 46.4 Å². The number of quaternary nitrogens is 1. The molecule has 3 atom stereocenters. The lowest BCUT2D eigenvalue weighted by molar-refractivity contribution is -0.926. The van der Waals surface area contributed by atoms with Crippen LogP contribution >= 0.6 is 22.9 Å². The number of primary amides is 1. The number of para-hydroxylation sites is 2. The van der Waals surface area contributed by atoms with Gasteiger partial charge in [0, 0.05) is 67.6 Å². The van der Waals surface area contributed by atoms with Crippen molar-refractivity contribution in [1.82, 2.24) is 50.5 Å². The molecule has 4 aromatic heterocycles. The minimum atomic E-state index is -1.46. The number of amides is 4. The first-order valence-corrected chi connectivity index (χ1v) is 45.9. The molecule has 0 unspecified atom stereocenters. The fraction of sp³-hybridized carbons (Fsp3) is 0.511. The molecule has 39 heteroatoms. The first-order chi connectivity index (χ1) is 64.8. The van der Waals surface area contributed by atoms with Gasteiger partial charge in [-0.05, 0) is 108 Å². The van der Waals surface area contributed by atoms with Gasteiger partial charge in [-0.3, -0.25) is 14.5 Å². The predicted octanol–water partition coefficient (Wildman–Crippen LogP) is 9.58. The summed E-state index contributed by atoms with van der Waals surface area (Å²) < 4.78 is 114. The zero-order valence-electron chi connectivity index (χ0n) is 76.7. The number of halogens is 2. The number of aromatic nitrogens is 7. The van der Waals surface area contributed by atoms with Crippen LogP contribution in [0, 0.1) is 18.7 Å². The van der Waals surface area contributed by atoms with Crippen LogP contribution in [0.2, 0.25) is 5.02 Å². The van der Waals surface area contributed by atoms with Crippen molar-refractivity contribution in [2.45, 2.75) is 91.1 Å². The Balaban J connectivity index is 0.670. The third-order valence-corrected chi connectivity index (χ3v) is 23.1. The van der Waals surface area contributed by atoms with Crippen LogP contribution in [0.25, 0.3) is 43.2 Å². The summed E-state index contributed by atoms with van der Waals surface area (Å²) in [4.78, 5) is 74.3. The van der Waals surface area contributed by atoms with Crippen LogP contribution in [-0.2, 0) is 115 Å². The molecule has 1 aliphatic rings. The molecule has 9 aromatic rings. The van der Waals surface area contributed by atoms with Crippen molar-refractivity contribution in [3.05, 3.63) is 172 Å². The van der Waals surface area contributed by atoms with Gasteiger partial charge in [-0.2, -0.15) is 0 Å². The number of rotatable bonds is 67. The number of urea groups is 1. The molecule has 5 heterocycles. The maximum absolute atomic E-state index is 14.6. The van der Waals surface area contributed by atoms with Crippen molar-refractivity contribution in [2.75, 3.05) is 224 Å². The van der Waals surface area contributed by atoms with E-state index >= 15 is 0 Å². The van der Waals surface area contributed by atoms with Gasteiger partial charge in [-0.15, -0.1) is 16.4 Å². The minimum absolute atomic E-state index is 0.0185. The summed E-state index contributed by atoms with van der Waals surface area (Å²) in [5, 5.41) is 28.7. The van der Waals surface area contributed by atoms with E-state index in [1.54, 1.807) is 73.8 Å². The predicted molar refractivity (Wildman–Crippen MR) is 496 cm³/mol. The molecule has 10 rings (SSSR count). The molecule has 1 saturated heterocycles. The molecular formula is C94H127ClFN14O22S+. The molecule has 0 radical (unpaired) electrons. The van der Waals surface area contributed by atoms with Crippen LogP contribution in [0.5, 0.6) is 23.1 Å². The Hall–Kier alpha value is -10.2. The normalized spacial score (nSPS) is 13.4. The molecule has 36 nitrogen and oxygen atoms in total. The Bertz CT molecular complexity index is 4980. The number of thiophene rings is 1. The zero-order valence-corrected chi connectivity index (χ0v) is 78.2. The van der Waals surface area contributed by atoms with Crippen molar-refractivity contribution in [1.29, 1.82) is 0 Å². The molecule has 1 aliphatic heterocycles. The monoisotopic (exact) mass is 1890 g/mol. The highest BCUT2D eigenvalue weighted by Gasteiger charge is 2.33. The highest BCUT2D eigenvalue weighted by molar-refractivity contribution is 7.22. The topological polar surface area (TPSA) is 419 Å². The third kappa shape index (κ3) is 35.9. The Morgan fingerprint density at radius 1 is 0.617 bits per heavy atom. The van der Waals surface area contributed by atoms with E-state index in [4.69, 9.17) is 109 Å². The number of benzene rings is 5. The number of likely N-dealkylation sites (N-methyl/N-ethyl adjacent to an activating group) is 1. The smallest absolute Gasteiger partial charge is 0.345 e. The first-order valence-electron chi connectivity index (χ1n) is 44.7. The van der Waals surface area contributed by atoms with Crippen molar-refractivity contribution < 1.29 is 114 Å². The lowest BCUT2D eigenvalue weighted by atomic mass is 9.96. The quantitative estimate of drug-likeness (QED) is 0.0152. The number of aliphatic carboxylic acids is 1. The number of carbonyl (C=O) groups is 4. The molecule has 1 fully saturated rings. The van der Waals surface area contributed by atoms with Crippen LogP contribution in [0.4, 0.5) is 14.9 Å². The number of carboxylic acids is 1.